The minimum absolute atomic E-state index is 0.00174. The molecule has 0 saturated carbocycles. The summed E-state index contributed by atoms with van der Waals surface area (Å²) in [5.74, 6) is -0.638. The lowest BCUT2D eigenvalue weighted by Gasteiger charge is -2.22. The van der Waals surface area contributed by atoms with Gasteiger partial charge >= 0.3 is 6.18 Å². The Morgan fingerprint density at radius 2 is 2.00 bits per heavy atom. The summed E-state index contributed by atoms with van der Waals surface area (Å²) < 4.78 is 38.3. The highest BCUT2D eigenvalue weighted by Gasteiger charge is 2.33. The Kier molecular flexibility index (Phi) is 6.14. The number of hydrogen-bond acceptors (Lipinski definition) is 2. The summed E-state index contributed by atoms with van der Waals surface area (Å²) in [6.45, 7) is -1.25. The van der Waals surface area contributed by atoms with E-state index in [1.54, 1.807) is 0 Å². The van der Waals surface area contributed by atoms with Crippen molar-refractivity contribution in [2.45, 2.75) is 6.18 Å². The van der Waals surface area contributed by atoms with E-state index < -0.39 is 18.6 Å². The molecule has 2 nitrogen and oxygen atoms in total. The van der Waals surface area contributed by atoms with Crippen LogP contribution >= 0.6 is 59.1 Å². The Bertz CT molecular complexity index is 435. The van der Waals surface area contributed by atoms with E-state index in [1.165, 1.54) is 17.4 Å². The van der Waals surface area contributed by atoms with Crippen molar-refractivity contribution >= 4 is 65.0 Å². The van der Waals surface area contributed by atoms with Gasteiger partial charge in [0, 0.05) is 11.9 Å². The van der Waals surface area contributed by atoms with E-state index in [0.29, 0.717) is 7.57 Å². The predicted molar refractivity (Wildman–Crippen MR) is 75.5 cm³/mol. The van der Waals surface area contributed by atoms with Gasteiger partial charge in [-0.1, -0.05) is 15.9 Å². The van der Waals surface area contributed by atoms with Crippen molar-refractivity contribution in [3.05, 3.63) is 19.2 Å². The topological polar surface area (TPSA) is 20.3 Å². The van der Waals surface area contributed by atoms with Crippen LogP contribution in [-0.4, -0.2) is 35.4 Å². The number of thiophene rings is 1. The molecule has 0 unspecified atom stereocenters. The lowest BCUT2D eigenvalue weighted by atomic mass is 10.3. The normalized spacial score (nSPS) is 11.7. The first kappa shape index (κ1) is 16.5. The van der Waals surface area contributed by atoms with Crippen LogP contribution < -0.4 is 0 Å². The van der Waals surface area contributed by atoms with Crippen molar-refractivity contribution in [3.63, 3.8) is 0 Å². The summed E-state index contributed by atoms with van der Waals surface area (Å²) in [7, 11) is 0. The van der Waals surface area contributed by atoms with Crippen LogP contribution in [0.4, 0.5) is 13.2 Å². The van der Waals surface area contributed by atoms with Gasteiger partial charge in [-0.3, -0.25) is 4.79 Å². The van der Waals surface area contributed by atoms with Crippen LogP contribution in [0.1, 0.15) is 10.4 Å². The molecule has 0 fully saturated rings. The van der Waals surface area contributed by atoms with E-state index in [2.05, 4.69) is 47.8 Å². The monoisotopic (exact) mass is 471 g/mol. The van der Waals surface area contributed by atoms with Gasteiger partial charge in [-0.25, -0.2) is 0 Å². The lowest BCUT2D eigenvalue weighted by Crippen LogP contribution is -2.40. The van der Waals surface area contributed by atoms with E-state index >= 15 is 0 Å². The molecule has 0 spiro atoms. The van der Waals surface area contributed by atoms with Crippen LogP contribution in [-0.2, 0) is 0 Å². The molecule has 0 atom stereocenters. The Morgan fingerprint density at radius 1 is 1.39 bits per heavy atom. The first-order valence-corrected chi connectivity index (χ1v) is 8.14. The average Bonchev–Trinajstić information content (AvgIpc) is 2.54. The summed E-state index contributed by atoms with van der Waals surface area (Å²) in [5, 5.41) is 0.289. The number of amides is 1. The second kappa shape index (κ2) is 6.71. The number of halogens is 6. The predicted octanol–water partition coefficient (Wildman–Crippen LogP) is 4.67. The van der Waals surface area contributed by atoms with E-state index in [1.807, 2.05) is 0 Å². The molecule has 0 aliphatic heterocycles. The Labute approximate surface area is 131 Å². The lowest BCUT2D eigenvalue weighted by molar-refractivity contribution is -0.140. The van der Waals surface area contributed by atoms with E-state index in [0.717, 1.165) is 4.90 Å². The van der Waals surface area contributed by atoms with Gasteiger partial charge in [0.05, 0.1) is 13.1 Å². The fraction of sp³-hybridized carbons (Fsp3) is 0.444. The zero-order chi connectivity index (χ0) is 13.9. The molecule has 1 aromatic heterocycles. The zero-order valence-corrected chi connectivity index (χ0v) is 14.3. The van der Waals surface area contributed by atoms with Gasteiger partial charge in [-0.15, -0.1) is 11.3 Å². The summed E-state index contributed by atoms with van der Waals surface area (Å²) in [6, 6.07) is 1.51. The summed E-state index contributed by atoms with van der Waals surface area (Å²) in [4.78, 5) is 12.8. The number of hydrogen-bond donors (Lipinski definition) is 0. The number of carbonyl (C=O) groups is 1. The van der Waals surface area contributed by atoms with Gasteiger partial charge in [-0.2, -0.15) is 13.2 Å². The molecule has 18 heavy (non-hydrogen) atoms. The first-order valence-electron chi connectivity index (χ1n) is 4.61. The molecule has 0 radical (unpaired) electrons. The van der Waals surface area contributed by atoms with Crippen LogP contribution in [0.15, 0.2) is 13.6 Å². The Hall–Kier alpha value is 0.400. The minimum atomic E-state index is -4.41. The Morgan fingerprint density at radius 3 is 2.39 bits per heavy atom. The average molecular weight is 474 g/mol. The summed E-state index contributed by atoms with van der Waals surface area (Å²) >= 11 is 10.6. The molecule has 1 rings (SSSR count). The Balaban J connectivity index is 2.92. The third-order valence-corrected chi connectivity index (χ3v) is 4.59. The number of carbonyl (C=O) groups excluding carboxylic acids is 1. The molecule has 9 heteroatoms. The number of alkyl halides is 4. The van der Waals surface area contributed by atoms with E-state index in [4.69, 9.17) is 0 Å². The van der Waals surface area contributed by atoms with Crippen LogP contribution in [0.25, 0.3) is 0 Å². The van der Waals surface area contributed by atoms with Gasteiger partial charge in [0.2, 0.25) is 0 Å². The molecule has 0 aliphatic carbocycles. The SMILES string of the molecule is O=C(c1cc(Br)sc1Br)N(CCBr)CC(F)(F)F. The second-order valence-corrected chi connectivity index (χ2v) is 7.81. The molecule has 0 aromatic carbocycles. The largest absolute Gasteiger partial charge is 0.406 e. The molecular formula is C9H7Br3F3NOS. The highest BCUT2D eigenvalue weighted by Crippen LogP contribution is 2.33. The highest BCUT2D eigenvalue weighted by atomic mass is 79.9. The van der Waals surface area contributed by atoms with Crippen molar-refractivity contribution in [1.82, 2.24) is 4.90 Å². The summed E-state index contributed by atoms with van der Waals surface area (Å²) in [6.07, 6.45) is -4.41. The number of nitrogens with zero attached hydrogens (tertiary/aromatic N) is 1. The third-order valence-electron chi connectivity index (χ3n) is 1.90. The third kappa shape index (κ3) is 4.82. The van der Waals surface area contributed by atoms with Gasteiger partial charge in [-0.05, 0) is 37.9 Å². The smallest absolute Gasteiger partial charge is 0.329 e. The number of rotatable bonds is 4. The molecule has 1 aromatic rings. The standard InChI is InChI=1S/C9H7Br3F3NOS/c10-1-2-16(4-9(13,14)15)8(17)5-3-6(11)18-7(5)12/h3H,1-2,4H2. The van der Waals surface area contributed by atoms with Gasteiger partial charge in [0.25, 0.3) is 5.91 Å². The van der Waals surface area contributed by atoms with Crippen molar-refractivity contribution in [2.24, 2.45) is 0 Å². The maximum absolute atomic E-state index is 12.4. The molecule has 0 saturated heterocycles. The van der Waals surface area contributed by atoms with Crippen molar-refractivity contribution in [2.75, 3.05) is 18.4 Å². The van der Waals surface area contributed by atoms with E-state index in [-0.39, 0.29) is 17.4 Å². The molecular weight excluding hydrogens is 467 g/mol. The molecule has 0 bridgehead atoms. The molecule has 102 valence electrons. The fourth-order valence-corrected chi connectivity index (χ4v) is 4.43. The first-order chi connectivity index (χ1) is 8.24. The molecule has 1 amide bonds. The molecule has 0 aliphatic rings. The maximum Gasteiger partial charge on any atom is 0.406 e. The van der Waals surface area contributed by atoms with Gasteiger partial charge < -0.3 is 4.90 Å². The molecule has 0 N–H and O–H groups in total. The van der Waals surface area contributed by atoms with Crippen molar-refractivity contribution < 1.29 is 18.0 Å². The van der Waals surface area contributed by atoms with Gasteiger partial charge in [0.1, 0.15) is 6.54 Å². The zero-order valence-electron chi connectivity index (χ0n) is 8.73. The van der Waals surface area contributed by atoms with Crippen molar-refractivity contribution in [3.8, 4) is 0 Å². The molecule has 1 heterocycles. The van der Waals surface area contributed by atoms with Crippen LogP contribution in [0.5, 0.6) is 0 Å². The maximum atomic E-state index is 12.4. The quantitative estimate of drug-likeness (QED) is 0.582. The van der Waals surface area contributed by atoms with Crippen LogP contribution in [0, 0.1) is 0 Å². The second-order valence-electron chi connectivity index (χ2n) is 3.27. The van der Waals surface area contributed by atoms with Crippen LogP contribution in [0.2, 0.25) is 0 Å². The van der Waals surface area contributed by atoms with E-state index in [9.17, 15) is 18.0 Å². The van der Waals surface area contributed by atoms with Crippen molar-refractivity contribution in [1.29, 1.82) is 0 Å². The van der Waals surface area contributed by atoms with Gasteiger partial charge in [0.15, 0.2) is 0 Å². The summed E-state index contributed by atoms with van der Waals surface area (Å²) in [5.41, 5.74) is 0.233. The fourth-order valence-electron chi connectivity index (χ4n) is 1.23. The minimum Gasteiger partial charge on any atom is -0.329 e. The highest BCUT2D eigenvalue weighted by molar-refractivity contribution is 9.12. The van der Waals surface area contributed by atoms with Crippen LogP contribution in [0.3, 0.4) is 0 Å².